The Bertz CT molecular complexity index is 458. The zero-order valence-electron chi connectivity index (χ0n) is 10.0. The fraction of sp³-hybridized carbons (Fsp3) is 0.308. The molecule has 0 aliphatic carbocycles. The van der Waals surface area contributed by atoms with Crippen molar-refractivity contribution in [3.8, 4) is 17.6 Å². The van der Waals surface area contributed by atoms with Crippen LogP contribution in [0.2, 0.25) is 0 Å². The third-order valence-electron chi connectivity index (χ3n) is 2.18. The molecule has 0 spiro atoms. The number of hydrogen-bond donors (Lipinski definition) is 2. The second kappa shape index (κ2) is 6.44. The lowest BCUT2D eigenvalue weighted by Crippen LogP contribution is -2.24. The number of carbonyl (C=O) groups is 1. The minimum Gasteiger partial charge on any atom is -0.496 e. The highest BCUT2D eigenvalue weighted by Gasteiger charge is 2.11. The number of nitrogens with one attached hydrogen (secondary N) is 1. The molecule has 1 rings (SSSR count). The first-order chi connectivity index (χ1) is 8.19. The minimum absolute atomic E-state index is 0.202. The molecule has 0 aliphatic heterocycles. The molecule has 0 radical (unpaired) electrons. The molecule has 0 aromatic heterocycles. The van der Waals surface area contributed by atoms with Gasteiger partial charge in [0.15, 0.2) is 0 Å². The average Bonchev–Trinajstić information content (AvgIpc) is 2.34. The smallest absolute Gasteiger partial charge is 0.255 e. The van der Waals surface area contributed by atoms with Gasteiger partial charge < -0.3 is 15.8 Å². The summed E-state index contributed by atoms with van der Waals surface area (Å²) in [4.78, 5) is 11.8. The van der Waals surface area contributed by atoms with Crippen LogP contribution in [0.15, 0.2) is 18.2 Å². The molecule has 0 heterocycles. The molecule has 17 heavy (non-hydrogen) atoms. The predicted octanol–water partition coefficient (Wildman–Crippen LogP) is 1.42. The Kier molecular flexibility index (Phi) is 4.89. The highest BCUT2D eigenvalue weighted by atomic mass is 16.5. The quantitative estimate of drug-likeness (QED) is 0.469. The van der Waals surface area contributed by atoms with E-state index in [0.717, 1.165) is 0 Å². The standard InChI is InChI=1S/C13H16N2O2/c1-3-4-5-8-15-13(16)11-9-10(14)6-7-12(11)17-2/h6-7,9H,5,8,14H2,1-2H3,(H,15,16). The summed E-state index contributed by atoms with van der Waals surface area (Å²) in [7, 11) is 1.52. The predicted molar refractivity (Wildman–Crippen MR) is 67.8 cm³/mol. The molecule has 90 valence electrons. The Morgan fingerprint density at radius 1 is 1.53 bits per heavy atom. The second-order valence-corrected chi connectivity index (χ2v) is 3.39. The summed E-state index contributed by atoms with van der Waals surface area (Å²) >= 11 is 0. The van der Waals surface area contributed by atoms with Gasteiger partial charge in [-0.05, 0) is 25.1 Å². The Balaban J connectivity index is 2.72. The summed E-state index contributed by atoms with van der Waals surface area (Å²) in [6, 6.07) is 4.97. The fourth-order valence-corrected chi connectivity index (χ4v) is 1.36. The van der Waals surface area contributed by atoms with Crippen molar-refractivity contribution in [1.29, 1.82) is 0 Å². The van der Waals surface area contributed by atoms with Crippen LogP contribution >= 0.6 is 0 Å². The summed E-state index contributed by atoms with van der Waals surface area (Å²) in [6.07, 6.45) is 0.632. The van der Waals surface area contributed by atoms with E-state index in [4.69, 9.17) is 10.5 Å². The van der Waals surface area contributed by atoms with Gasteiger partial charge in [0.25, 0.3) is 5.91 Å². The van der Waals surface area contributed by atoms with Crippen LogP contribution in [0.5, 0.6) is 5.75 Å². The van der Waals surface area contributed by atoms with Crippen LogP contribution in [0, 0.1) is 11.8 Å². The number of hydrogen-bond acceptors (Lipinski definition) is 3. The van der Waals surface area contributed by atoms with Gasteiger partial charge >= 0.3 is 0 Å². The molecule has 0 fully saturated rings. The second-order valence-electron chi connectivity index (χ2n) is 3.39. The Labute approximate surface area is 101 Å². The van der Waals surface area contributed by atoms with Gasteiger partial charge in [-0.15, -0.1) is 11.8 Å². The Morgan fingerprint density at radius 2 is 2.29 bits per heavy atom. The lowest BCUT2D eigenvalue weighted by Gasteiger charge is -2.09. The van der Waals surface area contributed by atoms with E-state index in [2.05, 4.69) is 17.2 Å². The highest BCUT2D eigenvalue weighted by molar-refractivity contribution is 5.97. The summed E-state index contributed by atoms with van der Waals surface area (Å²) in [5.41, 5.74) is 6.61. The van der Waals surface area contributed by atoms with Crippen molar-refractivity contribution < 1.29 is 9.53 Å². The van der Waals surface area contributed by atoms with Crippen LogP contribution in [-0.4, -0.2) is 19.6 Å². The third kappa shape index (κ3) is 3.72. The van der Waals surface area contributed by atoms with Crippen molar-refractivity contribution in [2.75, 3.05) is 19.4 Å². The number of ether oxygens (including phenoxy) is 1. The lowest BCUT2D eigenvalue weighted by molar-refractivity contribution is 0.0951. The van der Waals surface area contributed by atoms with Crippen molar-refractivity contribution in [3.63, 3.8) is 0 Å². The maximum Gasteiger partial charge on any atom is 0.255 e. The van der Waals surface area contributed by atoms with Crippen LogP contribution in [0.1, 0.15) is 23.7 Å². The molecule has 1 aromatic rings. The van der Waals surface area contributed by atoms with Crippen molar-refractivity contribution in [3.05, 3.63) is 23.8 Å². The first-order valence-corrected chi connectivity index (χ1v) is 5.30. The molecular weight excluding hydrogens is 216 g/mol. The van der Waals surface area contributed by atoms with Gasteiger partial charge in [0.1, 0.15) is 5.75 Å². The number of carbonyl (C=O) groups excluding carboxylic acids is 1. The SMILES string of the molecule is CC#CCCNC(=O)c1cc(N)ccc1OC. The number of nitrogens with two attached hydrogens (primary N) is 1. The number of anilines is 1. The van der Waals surface area contributed by atoms with Gasteiger partial charge in [-0.3, -0.25) is 4.79 Å². The van der Waals surface area contributed by atoms with Crippen LogP contribution in [0.3, 0.4) is 0 Å². The van der Waals surface area contributed by atoms with E-state index in [-0.39, 0.29) is 5.91 Å². The monoisotopic (exact) mass is 232 g/mol. The van der Waals surface area contributed by atoms with Crippen molar-refractivity contribution in [2.45, 2.75) is 13.3 Å². The topological polar surface area (TPSA) is 64.4 Å². The van der Waals surface area contributed by atoms with Crippen LogP contribution in [-0.2, 0) is 0 Å². The van der Waals surface area contributed by atoms with E-state index in [0.29, 0.717) is 30.0 Å². The van der Waals surface area contributed by atoms with Crippen LogP contribution in [0.4, 0.5) is 5.69 Å². The van der Waals surface area contributed by atoms with Crippen molar-refractivity contribution >= 4 is 11.6 Å². The Morgan fingerprint density at radius 3 is 2.94 bits per heavy atom. The lowest BCUT2D eigenvalue weighted by atomic mass is 10.1. The number of methoxy groups -OCH3 is 1. The summed E-state index contributed by atoms with van der Waals surface area (Å²) in [6.45, 7) is 2.28. The number of amides is 1. The first-order valence-electron chi connectivity index (χ1n) is 5.30. The largest absolute Gasteiger partial charge is 0.496 e. The summed E-state index contributed by atoms with van der Waals surface area (Å²) < 4.78 is 5.10. The van der Waals surface area contributed by atoms with E-state index in [9.17, 15) is 4.79 Å². The number of benzene rings is 1. The van der Waals surface area contributed by atoms with Gasteiger partial charge in [0.05, 0.1) is 12.7 Å². The van der Waals surface area contributed by atoms with E-state index >= 15 is 0 Å². The number of nitrogen functional groups attached to an aromatic ring is 1. The molecule has 0 atom stereocenters. The van der Waals surface area contributed by atoms with Crippen LogP contribution in [0.25, 0.3) is 0 Å². The molecule has 4 nitrogen and oxygen atoms in total. The van der Waals surface area contributed by atoms with Crippen LogP contribution < -0.4 is 15.8 Å². The van der Waals surface area contributed by atoms with E-state index in [1.165, 1.54) is 7.11 Å². The average molecular weight is 232 g/mol. The maximum atomic E-state index is 11.8. The first kappa shape index (κ1) is 12.9. The molecule has 3 N–H and O–H groups in total. The van der Waals surface area contributed by atoms with E-state index < -0.39 is 0 Å². The molecule has 0 aliphatic rings. The van der Waals surface area contributed by atoms with Gasteiger partial charge in [0.2, 0.25) is 0 Å². The molecule has 1 amide bonds. The van der Waals surface area contributed by atoms with Gasteiger partial charge in [-0.2, -0.15) is 0 Å². The summed E-state index contributed by atoms with van der Waals surface area (Å²) in [5.74, 6) is 5.95. The molecule has 0 saturated carbocycles. The highest BCUT2D eigenvalue weighted by Crippen LogP contribution is 2.20. The number of rotatable bonds is 4. The van der Waals surface area contributed by atoms with Gasteiger partial charge in [-0.1, -0.05) is 0 Å². The zero-order chi connectivity index (χ0) is 12.7. The van der Waals surface area contributed by atoms with Crippen molar-refractivity contribution in [2.24, 2.45) is 0 Å². The molecule has 0 saturated heterocycles. The molecule has 0 bridgehead atoms. The zero-order valence-corrected chi connectivity index (χ0v) is 10.0. The molecule has 0 unspecified atom stereocenters. The summed E-state index contributed by atoms with van der Waals surface area (Å²) in [5, 5.41) is 2.76. The van der Waals surface area contributed by atoms with E-state index in [1.807, 2.05) is 0 Å². The normalized spacial score (nSPS) is 9.06. The molecular formula is C13H16N2O2. The van der Waals surface area contributed by atoms with Gasteiger partial charge in [-0.25, -0.2) is 0 Å². The molecule has 4 heteroatoms. The third-order valence-corrected chi connectivity index (χ3v) is 2.18. The van der Waals surface area contributed by atoms with E-state index in [1.54, 1.807) is 25.1 Å². The Hall–Kier alpha value is -2.15. The van der Waals surface area contributed by atoms with Gasteiger partial charge in [0, 0.05) is 18.7 Å². The van der Waals surface area contributed by atoms with Crippen molar-refractivity contribution in [1.82, 2.24) is 5.32 Å². The fourth-order valence-electron chi connectivity index (χ4n) is 1.36. The molecule has 1 aromatic carbocycles. The maximum absolute atomic E-state index is 11.8. The minimum atomic E-state index is -0.202.